The lowest BCUT2D eigenvalue weighted by Gasteiger charge is -2.19. The summed E-state index contributed by atoms with van der Waals surface area (Å²) in [6, 6.07) is 7.54. The summed E-state index contributed by atoms with van der Waals surface area (Å²) in [5, 5.41) is 12.3. The van der Waals surface area contributed by atoms with Crippen LogP contribution in [0.4, 0.5) is 8.78 Å². The molecule has 1 aromatic rings. The Kier molecular flexibility index (Phi) is 8.23. The smallest absolute Gasteiger partial charge is 0.387 e. The number of aliphatic hydroxyl groups is 1. The third-order valence-corrected chi connectivity index (χ3v) is 3.38. The van der Waals surface area contributed by atoms with Crippen molar-refractivity contribution >= 4 is 0 Å². The summed E-state index contributed by atoms with van der Waals surface area (Å²) in [5.41, 5.74) is 1.10. The first-order valence-electron chi connectivity index (χ1n) is 7.42. The van der Waals surface area contributed by atoms with Gasteiger partial charge in [-0.1, -0.05) is 12.1 Å². The number of rotatable bonds is 10. The number of hydrogen-bond donors (Lipinski definition) is 2. The number of alkyl halides is 2. The first-order valence-corrected chi connectivity index (χ1v) is 7.42. The molecule has 2 unspecified atom stereocenters. The van der Waals surface area contributed by atoms with E-state index in [2.05, 4.69) is 23.9 Å². The van der Waals surface area contributed by atoms with Gasteiger partial charge in [-0.2, -0.15) is 8.78 Å². The van der Waals surface area contributed by atoms with Gasteiger partial charge in [-0.3, -0.25) is 0 Å². The topological polar surface area (TPSA) is 41.5 Å². The molecule has 0 aliphatic heterocycles. The largest absolute Gasteiger partial charge is 0.435 e. The van der Waals surface area contributed by atoms with Crippen molar-refractivity contribution in [3.8, 4) is 5.75 Å². The Morgan fingerprint density at radius 1 is 1.10 bits per heavy atom. The zero-order valence-electron chi connectivity index (χ0n) is 12.7. The SMILES string of the molecule is CC(CCCO)NC(C)CCc1ccc(OC(F)F)cc1. The number of aliphatic hydroxyl groups excluding tert-OH is 1. The molecule has 2 atom stereocenters. The Morgan fingerprint density at radius 3 is 2.29 bits per heavy atom. The highest BCUT2D eigenvalue weighted by atomic mass is 19.3. The van der Waals surface area contributed by atoms with Crippen LogP contribution in [-0.2, 0) is 6.42 Å². The summed E-state index contributed by atoms with van der Waals surface area (Å²) in [7, 11) is 0. The van der Waals surface area contributed by atoms with E-state index in [1.165, 1.54) is 0 Å². The zero-order chi connectivity index (χ0) is 15.7. The van der Waals surface area contributed by atoms with E-state index in [-0.39, 0.29) is 12.4 Å². The molecule has 0 saturated heterocycles. The number of halogens is 2. The Hall–Kier alpha value is -1.20. The summed E-state index contributed by atoms with van der Waals surface area (Å²) in [5.74, 6) is 0.192. The van der Waals surface area contributed by atoms with Crippen LogP contribution >= 0.6 is 0 Å². The van der Waals surface area contributed by atoms with Crippen molar-refractivity contribution < 1.29 is 18.6 Å². The average Bonchev–Trinajstić information content (AvgIpc) is 2.44. The van der Waals surface area contributed by atoms with E-state index in [0.29, 0.717) is 12.1 Å². The molecule has 0 aromatic heterocycles. The average molecular weight is 301 g/mol. The number of aryl methyl sites for hydroxylation is 1. The molecule has 0 heterocycles. The van der Waals surface area contributed by atoms with Gasteiger partial charge in [0.15, 0.2) is 0 Å². The lowest BCUT2D eigenvalue weighted by Crippen LogP contribution is -2.34. The molecule has 5 heteroatoms. The number of nitrogens with one attached hydrogen (secondary N) is 1. The lowest BCUT2D eigenvalue weighted by molar-refractivity contribution is -0.0498. The predicted octanol–water partition coefficient (Wildman–Crippen LogP) is 3.36. The van der Waals surface area contributed by atoms with Crippen LogP contribution in [0.2, 0.25) is 0 Å². The molecular formula is C16H25F2NO2. The van der Waals surface area contributed by atoms with Gasteiger partial charge in [0.1, 0.15) is 5.75 Å². The second-order valence-electron chi connectivity index (χ2n) is 5.40. The maximum atomic E-state index is 12.0. The van der Waals surface area contributed by atoms with Crippen LogP contribution in [0.5, 0.6) is 5.75 Å². The van der Waals surface area contributed by atoms with E-state index in [1.807, 2.05) is 12.1 Å². The van der Waals surface area contributed by atoms with Gasteiger partial charge < -0.3 is 15.2 Å². The van der Waals surface area contributed by atoms with Crippen LogP contribution in [0.1, 0.15) is 38.7 Å². The molecular weight excluding hydrogens is 276 g/mol. The molecule has 21 heavy (non-hydrogen) atoms. The van der Waals surface area contributed by atoms with Crippen molar-refractivity contribution in [3.63, 3.8) is 0 Å². The molecule has 0 radical (unpaired) electrons. The van der Waals surface area contributed by atoms with Crippen molar-refractivity contribution in [1.29, 1.82) is 0 Å². The van der Waals surface area contributed by atoms with Crippen molar-refractivity contribution in [2.24, 2.45) is 0 Å². The fourth-order valence-electron chi connectivity index (χ4n) is 2.27. The molecule has 3 nitrogen and oxygen atoms in total. The van der Waals surface area contributed by atoms with Gasteiger partial charge in [0.2, 0.25) is 0 Å². The van der Waals surface area contributed by atoms with E-state index < -0.39 is 6.61 Å². The highest BCUT2D eigenvalue weighted by Crippen LogP contribution is 2.16. The van der Waals surface area contributed by atoms with Crippen LogP contribution in [0.25, 0.3) is 0 Å². The summed E-state index contributed by atoms with van der Waals surface area (Å²) < 4.78 is 28.4. The third-order valence-electron chi connectivity index (χ3n) is 3.38. The molecule has 0 spiro atoms. The van der Waals surface area contributed by atoms with Gasteiger partial charge in [-0.05, 0) is 57.2 Å². The Morgan fingerprint density at radius 2 is 1.71 bits per heavy atom. The molecule has 0 saturated carbocycles. The Labute approximate surface area is 125 Å². The molecule has 120 valence electrons. The molecule has 0 bridgehead atoms. The zero-order valence-corrected chi connectivity index (χ0v) is 12.7. The Balaban J connectivity index is 2.30. The maximum absolute atomic E-state index is 12.0. The minimum Gasteiger partial charge on any atom is -0.435 e. The number of ether oxygens (including phenoxy) is 1. The standard InChI is InChI=1S/C16H25F2NO2/c1-12(4-3-11-20)19-13(2)5-6-14-7-9-15(10-8-14)21-16(17)18/h7-10,12-13,16,19-20H,3-6,11H2,1-2H3. The highest BCUT2D eigenvalue weighted by Gasteiger charge is 2.08. The normalized spacial score (nSPS) is 14.2. The molecule has 2 N–H and O–H groups in total. The van der Waals surface area contributed by atoms with E-state index in [1.54, 1.807) is 12.1 Å². The van der Waals surface area contributed by atoms with Crippen LogP contribution < -0.4 is 10.1 Å². The van der Waals surface area contributed by atoms with Crippen molar-refractivity contribution in [2.45, 2.75) is 58.2 Å². The first kappa shape index (κ1) is 17.9. The summed E-state index contributed by atoms with van der Waals surface area (Å²) in [6.45, 7) is 1.69. The minimum atomic E-state index is -2.78. The van der Waals surface area contributed by atoms with E-state index in [9.17, 15) is 8.78 Å². The molecule has 1 aromatic carbocycles. The number of hydrogen-bond acceptors (Lipinski definition) is 3. The maximum Gasteiger partial charge on any atom is 0.387 e. The van der Waals surface area contributed by atoms with Gasteiger partial charge in [0, 0.05) is 18.7 Å². The van der Waals surface area contributed by atoms with Crippen molar-refractivity contribution in [1.82, 2.24) is 5.32 Å². The van der Waals surface area contributed by atoms with E-state index >= 15 is 0 Å². The van der Waals surface area contributed by atoms with Gasteiger partial charge in [0.05, 0.1) is 0 Å². The Bertz CT molecular complexity index is 384. The minimum absolute atomic E-state index is 0.192. The van der Waals surface area contributed by atoms with Crippen molar-refractivity contribution in [2.75, 3.05) is 6.61 Å². The quantitative estimate of drug-likeness (QED) is 0.696. The predicted molar refractivity (Wildman–Crippen MR) is 79.8 cm³/mol. The lowest BCUT2D eigenvalue weighted by atomic mass is 10.0. The second-order valence-corrected chi connectivity index (χ2v) is 5.40. The molecule has 0 aliphatic rings. The van der Waals surface area contributed by atoms with E-state index in [4.69, 9.17) is 5.11 Å². The first-order chi connectivity index (χ1) is 10.0. The highest BCUT2D eigenvalue weighted by molar-refractivity contribution is 5.27. The second kappa shape index (κ2) is 9.68. The monoisotopic (exact) mass is 301 g/mol. The van der Waals surface area contributed by atoms with Gasteiger partial charge in [0.25, 0.3) is 0 Å². The van der Waals surface area contributed by atoms with Crippen LogP contribution in [0, 0.1) is 0 Å². The summed E-state index contributed by atoms with van der Waals surface area (Å²) in [4.78, 5) is 0. The van der Waals surface area contributed by atoms with Crippen LogP contribution in [0.15, 0.2) is 24.3 Å². The number of benzene rings is 1. The third kappa shape index (κ3) is 7.97. The fraction of sp³-hybridized carbons (Fsp3) is 0.625. The van der Waals surface area contributed by atoms with Crippen LogP contribution in [-0.4, -0.2) is 30.4 Å². The van der Waals surface area contributed by atoms with Gasteiger partial charge >= 0.3 is 6.61 Å². The van der Waals surface area contributed by atoms with Gasteiger partial charge in [-0.25, -0.2) is 0 Å². The molecule has 0 fully saturated rings. The van der Waals surface area contributed by atoms with E-state index in [0.717, 1.165) is 31.2 Å². The fourth-order valence-corrected chi connectivity index (χ4v) is 2.27. The summed E-state index contributed by atoms with van der Waals surface area (Å²) >= 11 is 0. The molecule has 0 amide bonds. The van der Waals surface area contributed by atoms with Gasteiger partial charge in [-0.15, -0.1) is 0 Å². The van der Waals surface area contributed by atoms with Crippen LogP contribution in [0.3, 0.4) is 0 Å². The van der Waals surface area contributed by atoms with Crippen molar-refractivity contribution in [3.05, 3.63) is 29.8 Å². The molecule has 0 aliphatic carbocycles. The summed E-state index contributed by atoms with van der Waals surface area (Å²) in [6.07, 6.45) is 3.63. The molecule has 1 rings (SSSR count).